The Hall–Kier alpha value is -1.21. The Morgan fingerprint density at radius 3 is 2.57 bits per heavy atom. The van der Waals surface area contributed by atoms with E-state index in [0.717, 1.165) is 4.68 Å². The first-order valence-corrected chi connectivity index (χ1v) is 3.93. The van der Waals surface area contributed by atoms with Crippen molar-refractivity contribution < 1.29 is 17.6 Å². The molecule has 0 spiro atoms. The molecule has 14 heavy (non-hydrogen) atoms. The minimum absolute atomic E-state index is 0.202. The average Bonchev–Trinajstić information content (AvgIpc) is 2.44. The topological polar surface area (TPSA) is 43.6 Å². The van der Waals surface area contributed by atoms with Crippen LogP contribution >= 0.6 is 0 Å². The van der Waals surface area contributed by atoms with E-state index >= 15 is 0 Å². The summed E-state index contributed by atoms with van der Waals surface area (Å²) in [4.78, 5) is 0. The molecule has 0 atom stereocenters. The molecule has 0 radical (unpaired) electrons. The second-order valence-corrected chi connectivity index (χ2v) is 3.15. The molecule has 0 saturated heterocycles. The number of tetrazole rings is 1. The van der Waals surface area contributed by atoms with Crippen molar-refractivity contribution in [3.8, 4) is 0 Å². The Morgan fingerprint density at radius 1 is 1.14 bits per heavy atom. The molecule has 4 nitrogen and oxygen atoms in total. The van der Waals surface area contributed by atoms with Gasteiger partial charge in [0.15, 0.2) is 5.82 Å². The minimum atomic E-state index is -4.07. The summed E-state index contributed by atoms with van der Waals surface area (Å²) in [6.07, 6.45) is -2.06. The lowest BCUT2D eigenvalue weighted by Crippen LogP contribution is -2.41. The van der Waals surface area contributed by atoms with Crippen LogP contribution in [-0.2, 0) is 13.0 Å². The van der Waals surface area contributed by atoms with E-state index in [2.05, 4.69) is 15.5 Å². The van der Waals surface area contributed by atoms with Crippen LogP contribution in [0.15, 0.2) is 0 Å². The van der Waals surface area contributed by atoms with E-state index in [-0.39, 0.29) is 12.4 Å². The van der Waals surface area contributed by atoms with Crippen molar-refractivity contribution in [1.82, 2.24) is 20.2 Å². The lowest BCUT2D eigenvalue weighted by molar-refractivity contribution is -0.209. The average molecular weight is 210 g/mol. The highest BCUT2D eigenvalue weighted by Gasteiger charge is 2.57. The minimum Gasteiger partial charge on any atom is -0.229 e. The smallest absolute Gasteiger partial charge is 0.229 e. The third-order valence-electron chi connectivity index (χ3n) is 2.16. The third-order valence-corrected chi connectivity index (χ3v) is 2.16. The lowest BCUT2D eigenvalue weighted by Gasteiger charge is -2.22. The number of hydrogen-bond donors (Lipinski definition) is 0. The molecule has 0 aliphatic carbocycles. The van der Waals surface area contributed by atoms with E-state index in [1.807, 2.05) is 0 Å². The molecule has 2 heterocycles. The largest absolute Gasteiger partial charge is 0.317 e. The predicted molar refractivity (Wildman–Crippen MR) is 36.0 cm³/mol. The molecule has 8 heteroatoms. The van der Waals surface area contributed by atoms with E-state index < -0.39 is 24.7 Å². The molecule has 78 valence electrons. The van der Waals surface area contributed by atoms with Crippen LogP contribution in [-0.4, -0.2) is 32.1 Å². The molecule has 0 unspecified atom stereocenters. The van der Waals surface area contributed by atoms with Gasteiger partial charge in [-0.1, -0.05) is 0 Å². The molecule has 0 aromatic carbocycles. The molecule has 0 bridgehead atoms. The molecule has 1 aliphatic heterocycles. The van der Waals surface area contributed by atoms with Gasteiger partial charge in [-0.05, 0) is 10.4 Å². The Labute approximate surface area is 75.9 Å². The summed E-state index contributed by atoms with van der Waals surface area (Å²) in [5.74, 6) is -8.28. The van der Waals surface area contributed by atoms with Crippen molar-refractivity contribution in [2.24, 2.45) is 0 Å². The van der Waals surface area contributed by atoms with Crippen LogP contribution in [0.25, 0.3) is 0 Å². The summed E-state index contributed by atoms with van der Waals surface area (Å²) < 4.78 is 52.6. The van der Waals surface area contributed by atoms with E-state index in [1.165, 1.54) is 0 Å². The van der Waals surface area contributed by atoms with E-state index in [9.17, 15) is 17.6 Å². The molecule has 0 N–H and O–H groups in total. The number of aryl methyl sites for hydroxylation is 1. The number of alkyl halides is 4. The van der Waals surface area contributed by atoms with Crippen LogP contribution in [0.3, 0.4) is 0 Å². The number of nitrogens with zero attached hydrogens (tertiary/aromatic N) is 4. The van der Waals surface area contributed by atoms with Crippen molar-refractivity contribution in [1.29, 1.82) is 0 Å². The summed E-state index contributed by atoms with van der Waals surface area (Å²) in [5, 5.41) is 9.75. The van der Waals surface area contributed by atoms with Gasteiger partial charge in [0.25, 0.3) is 0 Å². The van der Waals surface area contributed by atoms with Gasteiger partial charge in [0.1, 0.15) is 0 Å². The fourth-order valence-electron chi connectivity index (χ4n) is 1.28. The standard InChI is InChI=1S/C6H6F4N4/c7-5(8)1-2-14-4(11-12-13-14)3-6(5,9)10/h1-3H2. The summed E-state index contributed by atoms with van der Waals surface area (Å²) >= 11 is 0. The van der Waals surface area contributed by atoms with Gasteiger partial charge in [0, 0.05) is 6.42 Å². The number of aromatic nitrogens is 4. The number of rotatable bonds is 0. The van der Waals surface area contributed by atoms with Crippen molar-refractivity contribution in [2.75, 3.05) is 0 Å². The Bertz CT molecular complexity index is 347. The van der Waals surface area contributed by atoms with E-state index in [0.29, 0.717) is 0 Å². The van der Waals surface area contributed by atoms with E-state index in [1.54, 1.807) is 0 Å². The maximum atomic E-state index is 12.9. The molecule has 0 fully saturated rings. The van der Waals surface area contributed by atoms with Gasteiger partial charge in [0.2, 0.25) is 0 Å². The normalized spacial score (nSPS) is 24.0. The maximum Gasteiger partial charge on any atom is 0.317 e. The Morgan fingerprint density at radius 2 is 1.86 bits per heavy atom. The highest BCUT2D eigenvalue weighted by atomic mass is 19.3. The second-order valence-electron chi connectivity index (χ2n) is 3.15. The summed E-state index contributed by atoms with van der Waals surface area (Å²) in [5.41, 5.74) is 0. The Kier molecular flexibility index (Phi) is 1.76. The zero-order valence-corrected chi connectivity index (χ0v) is 6.92. The van der Waals surface area contributed by atoms with Crippen molar-refractivity contribution >= 4 is 0 Å². The fourth-order valence-corrected chi connectivity index (χ4v) is 1.28. The monoisotopic (exact) mass is 210 g/mol. The molecule has 0 saturated carbocycles. The number of hydrogen-bond acceptors (Lipinski definition) is 3. The summed E-state index contributed by atoms with van der Waals surface area (Å²) in [7, 11) is 0. The highest BCUT2D eigenvalue weighted by molar-refractivity contribution is 4.98. The van der Waals surface area contributed by atoms with Gasteiger partial charge >= 0.3 is 11.8 Å². The highest BCUT2D eigenvalue weighted by Crippen LogP contribution is 2.41. The van der Waals surface area contributed by atoms with Gasteiger partial charge in [-0.25, -0.2) is 4.68 Å². The molecule has 1 aromatic rings. The molecule has 1 aromatic heterocycles. The second kappa shape index (κ2) is 2.64. The zero-order valence-electron chi connectivity index (χ0n) is 6.92. The first-order valence-electron chi connectivity index (χ1n) is 3.93. The van der Waals surface area contributed by atoms with Crippen LogP contribution in [0.2, 0.25) is 0 Å². The molecule has 2 rings (SSSR count). The molecular weight excluding hydrogens is 204 g/mol. The van der Waals surface area contributed by atoms with E-state index in [4.69, 9.17) is 0 Å². The van der Waals surface area contributed by atoms with Gasteiger partial charge < -0.3 is 0 Å². The molecular formula is C6H6F4N4. The zero-order chi connectivity index (χ0) is 10.4. The van der Waals surface area contributed by atoms with Gasteiger partial charge in [-0.2, -0.15) is 17.6 Å². The van der Waals surface area contributed by atoms with Crippen LogP contribution in [0.1, 0.15) is 12.2 Å². The summed E-state index contributed by atoms with van der Waals surface area (Å²) in [6.45, 7) is -0.287. The number of halogens is 4. The van der Waals surface area contributed by atoms with Crippen molar-refractivity contribution in [2.45, 2.75) is 31.2 Å². The quantitative estimate of drug-likeness (QED) is 0.597. The van der Waals surface area contributed by atoms with Crippen LogP contribution < -0.4 is 0 Å². The first-order chi connectivity index (χ1) is 6.42. The fraction of sp³-hybridized carbons (Fsp3) is 0.833. The van der Waals surface area contributed by atoms with Crippen LogP contribution in [0.4, 0.5) is 17.6 Å². The van der Waals surface area contributed by atoms with Crippen molar-refractivity contribution in [3.05, 3.63) is 5.82 Å². The van der Waals surface area contributed by atoms with Gasteiger partial charge in [0.05, 0.1) is 13.0 Å². The molecule has 0 amide bonds. The summed E-state index contributed by atoms with van der Waals surface area (Å²) in [6, 6.07) is 0. The predicted octanol–water partition coefficient (Wildman–Crippen LogP) is 0.890. The number of fused-ring (bicyclic) bond motifs is 1. The van der Waals surface area contributed by atoms with Gasteiger partial charge in [-0.3, -0.25) is 0 Å². The lowest BCUT2D eigenvalue weighted by atomic mass is 10.1. The van der Waals surface area contributed by atoms with Crippen LogP contribution in [0.5, 0.6) is 0 Å². The van der Waals surface area contributed by atoms with Crippen LogP contribution in [0, 0.1) is 0 Å². The van der Waals surface area contributed by atoms with Crippen molar-refractivity contribution in [3.63, 3.8) is 0 Å². The van der Waals surface area contributed by atoms with Gasteiger partial charge in [-0.15, -0.1) is 5.10 Å². The maximum absolute atomic E-state index is 12.9. The molecule has 1 aliphatic rings. The first kappa shape index (κ1) is 9.35. The third kappa shape index (κ3) is 1.25. The SMILES string of the molecule is FC1(F)CCn2nnnc2CC1(F)F. The Balaban J connectivity index is 2.38.